The van der Waals surface area contributed by atoms with E-state index in [1.807, 2.05) is 30.3 Å². The number of aryl methyl sites for hydroxylation is 1. The van der Waals surface area contributed by atoms with Crippen molar-refractivity contribution < 1.29 is 22.7 Å². The molecule has 1 aromatic carbocycles. The molecule has 0 saturated carbocycles. The number of carbonyl (C=O) groups excluding carboxylic acids is 2. The van der Waals surface area contributed by atoms with E-state index in [4.69, 9.17) is 4.74 Å². The number of nitrogens with one attached hydrogen (secondary N) is 1. The van der Waals surface area contributed by atoms with Gasteiger partial charge in [-0.25, -0.2) is 18.2 Å². The monoisotopic (exact) mass is 408 g/mol. The molecule has 9 heteroatoms. The average molecular weight is 409 g/mol. The lowest BCUT2D eigenvalue weighted by Gasteiger charge is -2.16. The van der Waals surface area contributed by atoms with Gasteiger partial charge < -0.3 is 10.1 Å². The van der Waals surface area contributed by atoms with E-state index >= 15 is 0 Å². The predicted molar refractivity (Wildman–Crippen MR) is 102 cm³/mol. The van der Waals surface area contributed by atoms with Crippen LogP contribution in [0.5, 0.6) is 0 Å². The quantitative estimate of drug-likeness (QED) is 0.759. The van der Waals surface area contributed by atoms with Crippen LogP contribution in [0, 0.1) is 6.92 Å². The molecule has 1 aromatic heterocycles. The van der Waals surface area contributed by atoms with E-state index in [1.165, 1.54) is 18.3 Å². The van der Waals surface area contributed by atoms with Crippen molar-refractivity contribution in [2.45, 2.75) is 32.4 Å². The van der Waals surface area contributed by atoms with Crippen LogP contribution in [0.15, 0.2) is 30.3 Å². The van der Waals surface area contributed by atoms with Gasteiger partial charge in [-0.15, -0.1) is 11.3 Å². The first-order chi connectivity index (χ1) is 12.7. The number of ether oxygens (including phenoxy) is 1. The maximum Gasteiger partial charge on any atom is 0.351 e. The molecule has 3 rings (SSSR count). The van der Waals surface area contributed by atoms with E-state index in [1.54, 1.807) is 6.92 Å². The van der Waals surface area contributed by atoms with Crippen molar-refractivity contribution in [1.82, 2.24) is 10.3 Å². The lowest BCUT2D eigenvalue weighted by atomic mass is 10.1. The van der Waals surface area contributed by atoms with Crippen LogP contribution >= 0.6 is 11.3 Å². The van der Waals surface area contributed by atoms with E-state index in [0.717, 1.165) is 5.56 Å². The van der Waals surface area contributed by atoms with Crippen molar-refractivity contribution in [3.8, 4) is 11.3 Å². The van der Waals surface area contributed by atoms with Gasteiger partial charge in [0.05, 0.1) is 22.2 Å². The molecule has 0 radical (unpaired) electrons. The zero-order chi connectivity index (χ0) is 19.6. The molecule has 1 aliphatic rings. The van der Waals surface area contributed by atoms with Gasteiger partial charge in [-0.3, -0.25) is 4.79 Å². The van der Waals surface area contributed by atoms with Crippen LogP contribution in [0.2, 0.25) is 0 Å². The third-order valence-electron chi connectivity index (χ3n) is 4.20. The highest BCUT2D eigenvalue weighted by atomic mass is 32.2. The standard InChI is InChI=1S/C18H20N2O5S2/c1-11(17(21)20-14-8-9-27(23,24)10-14)25-18(22)16-15(19-12(2)26-16)13-6-4-3-5-7-13/h3-7,11,14H,8-10H2,1-2H3,(H,20,21)/t11-,14-/m0/s1. The zero-order valence-corrected chi connectivity index (χ0v) is 16.6. The Morgan fingerprint density at radius 2 is 2.00 bits per heavy atom. The van der Waals surface area contributed by atoms with Crippen molar-refractivity contribution in [2.75, 3.05) is 11.5 Å². The molecule has 0 spiro atoms. The number of carbonyl (C=O) groups is 2. The molecular weight excluding hydrogens is 388 g/mol. The van der Waals surface area contributed by atoms with Crippen LogP contribution in [0.3, 0.4) is 0 Å². The molecule has 1 amide bonds. The van der Waals surface area contributed by atoms with Crippen molar-refractivity contribution in [1.29, 1.82) is 0 Å². The van der Waals surface area contributed by atoms with Gasteiger partial charge in [-0.1, -0.05) is 30.3 Å². The SMILES string of the molecule is Cc1nc(-c2ccccc2)c(C(=O)O[C@@H](C)C(=O)N[C@H]2CCS(=O)(=O)C2)s1. The second-order valence-electron chi connectivity index (χ2n) is 6.43. The third-order valence-corrected chi connectivity index (χ3v) is 6.92. The molecule has 0 unspecified atom stereocenters. The minimum absolute atomic E-state index is 0.0622. The summed E-state index contributed by atoms with van der Waals surface area (Å²) < 4.78 is 28.3. The fourth-order valence-corrected chi connectivity index (χ4v) is 5.35. The summed E-state index contributed by atoms with van der Waals surface area (Å²) in [5.41, 5.74) is 1.32. The largest absolute Gasteiger partial charge is 0.448 e. The summed E-state index contributed by atoms with van der Waals surface area (Å²) in [4.78, 5) is 29.6. The van der Waals surface area contributed by atoms with Crippen molar-refractivity contribution in [2.24, 2.45) is 0 Å². The molecule has 144 valence electrons. The summed E-state index contributed by atoms with van der Waals surface area (Å²) in [5.74, 6) is -1.15. The minimum Gasteiger partial charge on any atom is -0.448 e. The molecule has 0 aliphatic carbocycles. The Kier molecular flexibility index (Phi) is 5.61. The number of rotatable bonds is 5. The van der Waals surface area contributed by atoms with Crippen molar-refractivity contribution in [3.63, 3.8) is 0 Å². The maximum atomic E-state index is 12.6. The Balaban J connectivity index is 1.68. The number of sulfone groups is 1. The van der Waals surface area contributed by atoms with Crippen LogP contribution in [0.1, 0.15) is 28.0 Å². The van der Waals surface area contributed by atoms with E-state index < -0.39 is 33.9 Å². The number of aromatic nitrogens is 1. The van der Waals surface area contributed by atoms with Crippen molar-refractivity contribution >= 4 is 33.1 Å². The van der Waals surface area contributed by atoms with Crippen LogP contribution in [0.4, 0.5) is 0 Å². The maximum absolute atomic E-state index is 12.6. The highest BCUT2D eigenvalue weighted by Crippen LogP contribution is 2.28. The molecule has 1 aliphatic heterocycles. The number of hydrogen-bond donors (Lipinski definition) is 1. The minimum atomic E-state index is -3.10. The molecule has 0 bridgehead atoms. The number of thiazole rings is 1. The first kappa shape index (κ1) is 19.5. The van der Waals surface area contributed by atoms with Crippen LogP contribution < -0.4 is 5.32 Å². The Labute approximate surface area is 161 Å². The highest BCUT2D eigenvalue weighted by molar-refractivity contribution is 7.91. The molecule has 2 heterocycles. The summed E-state index contributed by atoms with van der Waals surface area (Å²) in [5, 5.41) is 3.35. The topological polar surface area (TPSA) is 102 Å². The Morgan fingerprint density at radius 3 is 2.63 bits per heavy atom. The molecule has 27 heavy (non-hydrogen) atoms. The Hall–Kier alpha value is -2.26. The molecule has 1 saturated heterocycles. The summed E-state index contributed by atoms with van der Waals surface area (Å²) in [7, 11) is -3.10. The normalized spacial score (nSPS) is 19.4. The van der Waals surface area contributed by atoms with Crippen molar-refractivity contribution in [3.05, 3.63) is 40.2 Å². The van der Waals surface area contributed by atoms with Gasteiger partial charge in [-0.2, -0.15) is 0 Å². The van der Waals surface area contributed by atoms with E-state index in [9.17, 15) is 18.0 Å². The van der Waals surface area contributed by atoms with Gasteiger partial charge in [0, 0.05) is 11.6 Å². The van der Waals surface area contributed by atoms with E-state index in [2.05, 4.69) is 10.3 Å². The molecular formula is C18H20N2O5S2. The number of nitrogens with zero attached hydrogens (tertiary/aromatic N) is 1. The van der Waals surface area contributed by atoms with E-state index in [-0.39, 0.29) is 11.5 Å². The number of benzene rings is 1. The number of hydrogen-bond acceptors (Lipinski definition) is 7. The summed E-state index contributed by atoms with van der Waals surface area (Å²) in [6.45, 7) is 3.26. The lowest BCUT2D eigenvalue weighted by Crippen LogP contribution is -2.42. The smallest absolute Gasteiger partial charge is 0.351 e. The van der Waals surface area contributed by atoms with Crippen LogP contribution in [0.25, 0.3) is 11.3 Å². The molecule has 2 atom stereocenters. The summed E-state index contributed by atoms with van der Waals surface area (Å²) >= 11 is 1.21. The lowest BCUT2D eigenvalue weighted by molar-refractivity contribution is -0.129. The van der Waals surface area contributed by atoms with E-state index in [0.29, 0.717) is 22.0 Å². The van der Waals surface area contributed by atoms with Gasteiger partial charge in [0.1, 0.15) is 4.88 Å². The Morgan fingerprint density at radius 1 is 1.30 bits per heavy atom. The molecule has 2 aromatic rings. The second kappa shape index (κ2) is 7.77. The van der Waals surface area contributed by atoms with Gasteiger partial charge in [-0.05, 0) is 20.3 Å². The molecule has 7 nitrogen and oxygen atoms in total. The Bertz CT molecular complexity index is 953. The summed E-state index contributed by atoms with van der Waals surface area (Å²) in [6.07, 6.45) is -0.659. The van der Waals surface area contributed by atoms with Crippen LogP contribution in [-0.4, -0.2) is 48.9 Å². The summed E-state index contributed by atoms with van der Waals surface area (Å²) in [6, 6.07) is 8.84. The fourth-order valence-electron chi connectivity index (χ4n) is 2.85. The first-order valence-corrected chi connectivity index (χ1v) is 11.1. The van der Waals surface area contributed by atoms with Gasteiger partial charge in [0.25, 0.3) is 5.91 Å². The molecule has 1 N–H and O–H groups in total. The first-order valence-electron chi connectivity index (χ1n) is 8.50. The fraction of sp³-hybridized carbons (Fsp3) is 0.389. The predicted octanol–water partition coefficient (Wildman–Crippen LogP) is 1.97. The highest BCUT2D eigenvalue weighted by Gasteiger charge is 2.31. The molecule has 1 fully saturated rings. The average Bonchev–Trinajstić information content (AvgIpc) is 3.17. The van der Waals surface area contributed by atoms with Crippen LogP contribution in [-0.2, 0) is 19.4 Å². The van der Waals surface area contributed by atoms with Gasteiger partial charge >= 0.3 is 5.97 Å². The third kappa shape index (κ3) is 4.72. The number of esters is 1. The number of amides is 1. The van der Waals surface area contributed by atoms with Gasteiger partial charge in [0.15, 0.2) is 15.9 Å². The van der Waals surface area contributed by atoms with Gasteiger partial charge in [0.2, 0.25) is 0 Å². The zero-order valence-electron chi connectivity index (χ0n) is 15.0. The second-order valence-corrected chi connectivity index (χ2v) is 9.86.